The van der Waals surface area contributed by atoms with Crippen LogP contribution < -0.4 is 5.32 Å². The van der Waals surface area contributed by atoms with Crippen LogP contribution in [0.4, 0.5) is 0 Å². The van der Waals surface area contributed by atoms with E-state index in [2.05, 4.69) is 23.7 Å². The number of methoxy groups -OCH3 is 1. The highest BCUT2D eigenvalue weighted by Crippen LogP contribution is 2.34. The average molecular weight is 255 g/mol. The first kappa shape index (κ1) is 13.0. The second-order valence-electron chi connectivity index (χ2n) is 4.65. The molecule has 17 heavy (non-hydrogen) atoms. The normalized spacial score (nSPS) is 18.0. The van der Waals surface area contributed by atoms with E-state index in [4.69, 9.17) is 9.15 Å². The zero-order chi connectivity index (χ0) is 12.1. The molecular weight excluding hydrogens is 234 g/mol. The highest BCUT2D eigenvalue weighted by molar-refractivity contribution is 7.97. The van der Waals surface area contributed by atoms with Crippen molar-refractivity contribution in [1.29, 1.82) is 0 Å². The third-order valence-electron chi connectivity index (χ3n) is 3.45. The fourth-order valence-corrected chi connectivity index (χ4v) is 2.61. The third kappa shape index (κ3) is 3.27. The maximum Gasteiger partial charge on any atom is 0.118 e. The van der Waals surface area contributed by atoms with Crippen LogP contribution in [0.15, 0.2) is 16.5 Å². The molecule has 1 aliphatic carbocycles. The molecule has 1 aliphatic rings. The van der Waals surface area contributed by atoms with Crippen molar-refractivity contribution in [2.45, 2.75) is 37.2 Å². The molecule has 0 amide bonds. The molecule has 1 aromatic rings. The lowest BCUT2D eigenvalue weighted by atomic mass is 9.80. The highest BCUT2D eigenvalue weighted by atomic mass is 32.2. The van der Waals surface area contributed by atoms with E-state index in [9.17, 15) is 0 Å². The van der Waals surface area contributed by atoms with Gasteiger partial charge in [-0.15, -0.1) is 0 Å². The van der Waals surface area contributed by atoms with Gasteiger partial charge in [-0.25, -0.2) is 0 Å². The number of ether oxygens (including phenoxy) is 1. The molecule has 1 N–H and O–H groups in total. The van der Waals surface area contributed by atoms with Gasteiger partial charge in [0.25, 0.3) is 0 Å². The second-order valence-corrected chi connectivity index (χ2v) is 5.51. The molecular formula is C13H21NO2S. The first-order chi connectivity index (χ1) is 8.28. The van der Waals surface area contributed by atoms with Crippen LogP contribution in [0.1, 0.15) is 30.8 Å². The summed E-state index contributed by atoms with van der Waals surface area (Å²) in [5.74, 6) is 3.01. The number of hydrogen-bond acceptors (Lipinski definition) is 4. The van der Waals surface area contributed by atoms with Gasteiger partial charge in [-0.05, 0) is 37.7 Å². The minimum Gasteiger partial charge on any atom is -0.464 e. The van der Waals surface area contributed by atoms with Gasteiger partial charge < -0.3 is 14.5 Å². The summed E-state index contributed by atoms with van der Waals surface area (Å²) in [4.78, 5) is 0. The number of rotatable bonds is 7. The Kier molecular flexibility index (Phi) is 4.54. The Bertz CT molecular complexity index is 341. The molecule has 2 rings (SSSR count). The number of nitrogens with one attached hydrogen (secondary N) is 1. The minimum atomic E-state index is 0.0920. The Morgan fingerprint density at radius 2 is 2.18 bits per heavy atom. The van der Waals surface area contributed by atoms with Crippen LogP contribution in [0.25, 0.3) is 0 Å². The van der Waals surface area contributed by atoms with Crippen molar-refractivity contribution in [2.24, 2.45) is 0 Å². The van der Waals surface area contributed by atoms with Crippen molar-refractivity contribution in [1.82, 2.24) is 5.32 Å². The zero-order valence-electron chi connectivity index (χ0n) is 10.6. The summed E-state index contributed by atoms with van der Waals surface area (Å²) >= 11 is 1.78. The standard InChI is InChI=1S/C13H21NO2S/c1-15-13(6-3-7-13)10-14-8-11-4-5-12(16-11)9-17-2/h4-5,14H,3,6-10H2,1-2H3. The number of furan rings is 1. The van der Waals surface area contributed by atoms with Crippen LogP contribution in [-0.4, -0.2) is 25.5 Å². The van der Waals surface area contributed by atoms with Gasteiger partial charge in [0.05, 0.1) is 17.9 Å². The molecule has 0 unspecified atom stereocenters. The van der Waals surface area contributed by atoms with Crippen molar-refractivity contribution in [2.75, 3.05) is 19.9 Å². The smallest absolute Gasteiger partial charge is 0.118 e. The second kappa shape index (κ2) is 5.94. The van der Waals surface area contributed by atoms with E-state index in [-0.39, 0.29) is 5.60 Å². The summed E-state index contributed by atoms with van der Waals surface area (Å²) in [6.07, 6.45) is 5.71. The Morgan fingerprint density at radius 3 is 2.76 bits per heavy atom. The van der Waals surface area contributed by atoms with Gasteiger partial charge >= 0.3 is 0 Å². The van der Waals surface area contributed by atoms with Crippen molar-refractivity contribution in [3.8, 4) is 0 Å². The van der Waals surface area contributed by atoms with E-state index in [1.807, 2.05) is 7.11 Å². The first-order valence-electron chi connectivity index (χ1n) is 6.10. The van der Waals surface area contributed by atoms with Crippen molar-refractivity contribution in [3.63, 3.8) is 0 Å². The molecule has 0 atom stereocenters. The molecule has 1 heterocycles. The maximum atomic E-state index is 5.70. The Morgan fingerprint density at radius 1 is 1.41 bits per heavy atom. The summed E-state index contributed by atoms with van der Waals surface area (Å²) in [5, 5.41) is 3.43. The fraction of sp³-hybridized carbons (Fsp3) is 0.692. The SMILES string of the molecule is COC1(CNCc2ccc(CSC)o2)CCC1. The molecule has 4 heteroatoms. The topological polar surface area (TPSA) is 34.4 Å². The third-order valence-corrected chi connectivity index (χ3v) is 4.02. The molecule has 0 radical (unpaired) electrons. The average Bonchev–Trinajstić information content (AvgIpc) is 2.71. The van der Waals surface area contributed by atoms with Crippen LogP contribution >= 0.6 is 11.8 Å². The molecule has 0 saturated heterocycles. The Hall–Kier alpha value is -0.450. The molecule has 1 aromatic heterocycles. The van der Waals surface area contributed by atoms with Crippen molar-refractivity contribution < 1.29 is 9.15 Å². The predicted molar refractivity (Wildman–Crippen MR) is 71.2 cm³/mol. The van der Waals surface area contributed by atoms with Crippen molar-refractivity contribution >= 4 is 11.8 Å². The van der Waals surface area contributed by atoms with E-state index in [0.717, 1.165) is 30.4 Å². The molecule has 96 valence electrons. The summed E-state index contributed by atoms with van der Waals surface area (Å²) in [7, 11) is 1.81. The lowest BCUT2D eigenvalue weighted by molar-refractivity contribution is -0.0697. The Labute approximate surface area is 107 Å². The van der Waals surface area contributed by atoms with Gasteiger partial charge in [-0.3, -0.25) is 0 Å². The van der Waals surface area contributed by atoms with Gasteiger partial charge in [-0.2, -0.15) is 11.8 Å². The van der Waals surface area contributed by atoms with Crippen LogP contribution in [0.2, 0.25) is 0 Å². The largest absolute Gasteiger partial charge is 0.464 e. The summed E-state index contributed by atoms with van der Waals surface area (Å²) in [6, 6.07) is 4.11. The van der Waals surface area contributed by atoms with Gasteiger partial charge in [0.1, 0.15) is 11.5 Å². The van der Waals surface area contributed by atoms with E-state index in [0.29, 0.717) is 0 Å². The number of hydrogen-bond donors (Lipinski definition) is 1. The van der Waals surface area contributed by atoms with Gasteiger partial charge in [-0.1, -0.05) is 0 Å². The lowest BCUT2D eigenvalue weighted by Crippen LogP contribution is -2.47. The fourth-order valence-electron chi connectivity index (χ4n) is 2.17. The molecule has 1 saturated carbocycles. The zero-order valence-corrected chi connectivity index (χ0v) is 11.4. The highest BCUT2D eigenvalue weighted by Gasteiger charge is 2.36. The van der Waals surface area contributed by atoms with E-state index in [1.165, 1.54) is 19.3 Å². The minimum absolute atomic E-state index is 0.0920. The Balaban J connectivity index is 1.73. The van der Waals surface area contributed by atoms with Crippen LogP contribution in [0, 0.1) is 0 Å². The summed E-state index contributed by atoms with van der Waals surface area (Å²) < 4.78 is 11.3. The predicted octanol–water partition coefficient (Wildman–Crippen LogP) is 2.80. The van der Waals surface area contributed by atoms with Gasteiger partial charge in [0.15, 0.2) is 0 Å². The monoisotopic (exact) mass is 255 g/mol. The molecule has 0 bridgehead atoms. The number of thioether (sulfide) groups is 1. The molecule has 1 fully saturated rings. The quantitative estimate of drug-likeness (QED) is 0.812. The van der Waals surface area contributed by atoms with Crippen LogP contribution in [-0.2, 0) is 17.0 Å². The van der Waals surface area contributed by atoms with Crippen LogP contribution in [0.3, 0.4) is 0 Å². The molecule has 0 aromatic carbocycles. The van der Waals surface area contributed by atoms with Crippen LogP contribution in [0.5, 0.6) is 0 Å². The van der Waals surface area contributed by atoms with E-state index >= 15 is 0 Å². The summed E-state index contributed by atoms with van der Waals surface area (Å²) in [5.41, 5.74) is 0.0920. The summed E-state index contributed by atoms with van der Waals surface area (Å²) in [6.45, 7) is 1.71. The van der Waals surface area contributed by atoms with Crippen molar-refractivity contribution in [3.05, 3.63) is 23.7 Å². The maximum absolute atomic E-state index is 5.70. The molecule has 3 nitrogen and oxygen atoms in total. The molecule has 0 aliphatic heterocycles. The van der Waals surface area contributed by atoms with E-state index < -0.39 is 0 Å². The van der Waals surface area contributed by atoms with E-state index in [1.54, 1.807) is 11.8 Å². The lowest BCUT2D eigenvalue weighted by Gasteiger charge is -2.40. The van der Waals surface area contributed by atoms with Gasteiger partial charge in [0.2, 0.25) is 0 Å². The van der Waals surface area contributed by atoms with Gasteiger partial charge in [0, 0.05) is 13.7 Å². The first-order valence-corrected chi connectivity index (χ1v) is 7.50. The molecule has 0 spiro atoms.